The van der Waals surface area contributed by atoms with E-state index in [1.54, 1.807) is 30.3 Å². The van der Waals surface area contributed by atoms with Crippen molar-refractivity contribution in [1.82, 2.24) is 47.9 Å². The van der Waals surface area contributed by atoms with E-state index in [-0.39, 0.29) is 89.4 Å². The van der Waals surface area contributed by atoms with Gasteiger partial charge in [0, 0.05) is 25.4 Å². The van der Waals surface area contributed by atoms with Crippen molar-refractivity contribution in [2.45, 2.75) is 138 Å². The minimum absolute atomic E-state index is 0.0351. The predicted octanol–water partition coefficient (Wildman–Crippen LogP) is -3.40. The van der Waals surface area contributed by atoms with E-state index in [1.807, 2.05) is 45.0 Å². The van der Waals surface area contributed by atoms with Gasteiger partial charge in [0.05, 0.1) is 17.6 Å². The van der Waals surface area contributed by atoms with Gasteiger partial charge in [0.15, 0.2) is 5.78 Å². The number of nitrogens with two attached hydrogens (primary N) is 3. The Morgan fingerprint density at radius 2 is 1.18 bits per heavy atom. The summed E-state index contributed by atoms with van der Waals surface area (Å²) in [5.74, 6) is -6.98. The summed E-state index contributed by atoms with van der Waals surface area (Å²) >= 11 is 0. The number of Topliss-reactive ketones (excluding diaryl/α,β-unsaturated/α-hetero) is 1. The summed E-state index contributed by atoms with van der Waals surface area (Å²) in [5, 5.41) is 35.0. The second kappa shape index (κ2) is 25.7. The van der Waals surface area contributed by atoms with Crippen LogP contribution in [0.25, 0.3) is 0 Å². The number of carbonyl (C=O) groups is 9. The van der Waals surface area contributed by atoms with Crippen molar-refractivity contribution in [3.8, 4) is 0 Å². The number of rotatable bonds is 13. The molecule has 0 bridgehead atoms. The fraction of sp³-hybridized carbons (Fsp3) is 0.571. The highest BCUT2D eigenvalue weighted by atomic mass is 16.3. The fourth-order valence-electron chi connectivity index (χ4n) is 9.45. The van der Waals surface area contributed by atoms with Crippen molar-refractivity contribution in [3.05, 3.63) is 71.3 Å². The fourth-order valence-corrected chi connectivity index (χ4v) is 9.45. The van der Waals surface area contributed by atoms with Gasteiger partial charge in [0.2, 0.25) is 47.3 Å². The molecule has 388 valence electrons. The molecule has 1 spiro atoms. The van der Waals surface area contributed by atoms with Gasteiger partial charge < -0.3 is 70.2 Å². The van der Waals surface area contributed by atoms with Crippen LogP contribution in [0.1, 0.15) is 88.8 Å². The first-order valence-electron chi connectivity index (χ1n) is 24.4. The van der Waals surface area contributed by atoms with Crippen LogP contribution < -0.4 is 65.1 Å². The Balaban J connectivity index is 1.50. The number of ketones is 1. The standard InChI is InChI=1S/C49H72N12O10/c1-26(2)22-36-45(68)57-32(14-18-50)41(64)56-34(16-20-52)44(67)61-39(28(4)62)48(71)53-21-17-35(58-47(70)38-24-49(25-54-38)31-13-9-8-12-30(31)27(3)40(49)63)43(66)55-33(15-19-51)42(65)60-37(46(69)59-36)23-29-10-6-5-7-11-29/h5-13,26-28,32-39,54,62H,14-25,50-52H2,1-4H3,(H,53,71)(H,55,66)(H,56,64)(H,57,68)(H,58,70)(H,59,69)(H,60,65)(H,61,67)/t27-,28-,32+,33+,34+,35+,36+,37-,38?,39+,49+/m1/s1. The highest BCUT2D eigenvalue weighted by Gasteiger charge is 2.55. The van der Waals surface area contributed by atoms with Gasteiger partial charge in [0.1, 0.15) is 42.3 Å². The summed E-state index contributed by atoms with van der Waals surface area (Å²) in [4.78, 5) is 126. The molecule has 2 aromatic rings. The van der Waals surface area contributed by atoms with Crippen LogP contribution in [0, 0.1) is 5.92 Å². The maximum absolute atomic E-state index is 14.4. The first-order chi connectivity index (χ1) is 33.8. The maximum Gasteiger partial charge on any atom is 0.245 e. The second-order valence-electron chi connectivity index (χ2n) is 19.1. The van der Waals surface area contributed by atoms with Gasteiger partial charge in [0.25, 0.3) is 0 Å². The van der Waals surface area contributed by atoms with Crippen LogP contribution in [0.3, 0.4) is 0 Å². The molecule has 2 heterocycles. The molecule has 2 aliphatic heterocycles. The molecular weight excluding hydrogens is 917 g/mol. The molecule has 2 aromatic carbocycles. The van der Waals surface area contributed by atoms with Gasteiger partial charge in [-0.3, -0.25) is 43.2 Å². The summed E-state index contributed by atoms with van der Waals surface area (Å²) in [7, 11) is 0. The lowest BCUT2D eigenvalue weighted by Crippen LogP contribution is -2.61. The monoisotopic (exact) mass is 989 g/mol. The van der Waals surface area contributed by atoms with Crippen LogP contribution in [0.2, 0.25) is 0 Å². The van der Waals surface area contributed by atoms with Crippen LogP contribution in [-0.2, 0) is 55.0 Å². The Kier molecular flexibility index (Phi) is 20.1. The Bertz CT molecular complexity index is 2250. The minimum Gasteiger partial charge on any atom is -0.391 e. The van der Waals surface area contributed by atoms with Crippen LogP contribution in [0.15, 0.2) is 54.6 Å². The van der Waals surface area contributed by atoms with Gasteiger partial charge in [-0.1, -0.05) is 75.4 Å². The van der Waals surface area contributed by atoms with Gasteiger partial charge >= 0.3 is 0 Å². The molecule has 71 heavy (non-hydrogen) atoms. The molecule has 0 aromatic heterocycles. The van der Waals surface area contributed by atoms with Gasteiger partial charge in [-0.15, -0.1) is 0 Å². The number of aliphatic hydroxyl groups excluding tert-OH is 1. The van der Waals surface area contributed by atoms with Crippen LogP contribution in [0.4, 0.5) is 0 Å². The average Bonchev–Trinajstić information content (AvgIpc) is 3.87. The van der Waals surface area contributed by atoms with E-state index >= 15 is 0 Å². The van der Waals surface area contributed by atoms with Crippen molar-refractivity contribution < 1.29 is 48.3 Å². The Labute approximate surface area is 413 Å². The minimum atomic E-state index is -1.59. The largest absolute Gasteiger partial charge is 0.391 e. The molecule has 2 fully saturated rings. The summed E-state index contributed by atoms with van der Waals surface area (Å²) < 4.78 is 0. The summed E-state index contributed by atoms with van der Waals surface area (Å²) in [5.41, 5.74) is 19.0. The van der Waals surface area contributed by atoms with Crippen LogP contribution >= 0.6 is 0 Å². The zero-order valence-electron chi connectivity index (χ0n) is 40.9. The summed E-state index contributed by atoms with van der Waals surface area (Å²) in [6.07, 6.45) is -1.92. The number of amides is 8. The van der Waals surface area contributed by atoms with Gasteiger partial charge in [-0.05, 0) is 87.7 Å². The molecule has 22 nitrogen and oxygen atoms in total. The van der Waals surface area contributed by atoms with Gasteiger partial charge in [-0.25, -0.2) is 0 Å². The number of aliphatic hydroxyl groups is 1. The van der Waals surface area contributed by atoms with Crippen LogP contribution in [0.5, 0.6) is 0 Å². The normalized spacial score (nSPS) is 28.9. The average molecular weight is 989 g/mol. The summed E-state index contributed by atoms with van der Waals surface area (Å²) in [6.45, 7) is 6.32. The highest BCUT2D eigenvalue weighted by Crippen LogP contribution is 2.47. The number of hydrogen-bond donors (Lipinski definition) is 13. The first-order valence-corrected chi connectivity index (χ1v) is 24.4. The molecule has 1 aliphatic carbocycles. The maximum atomic E-state index is 14.4. The first kappa shape index (κ1) is 55.6. The molecule has 8 amide bonds. The third-order valence-corrected chi connectivity index (χ3v) is 13.3. The molecular formula is C49H72N12O10. The number of carbonyl (C=O) groups excluding carboxylic acids is 9. The van der Waals surface area contributed by atoms with Crippen molar-refractivity contribution in [1.29, 1.82) is 0 Å². The van der Waals surface area contributed by atoms with E-state index in [9.17, 15) is 48.3 Å². The van der Waals surface area contributed by atoms with E-state index in [0.29, 0.717) is 5.56 Å². The zero-order chi connectivity index (χ0) is 52.0. The van der Waals surface area contributed by atoms with E-state index < -0.39 is 113 Å². The van der Waals surface area contributed by atoms with E-state index in [0.717, 1.165) is 11.1 Å². The second-order valence-corrected chi connectivity index (χ2v) is 19.1. The quantitative estimate of drug-likeness (QED) is 0.0931. The summed E-state index contributed by atoms with van der Waals surface area (Å²) in [6, 6.07) is 5.71. The number of hydrogen-bond acceptors (Lipinski definition) is 14. The van der Waals surface area contributed by atoms with E-state index in [2.05, 4.69) is 47.9 Å². The van der Waals surface area contributed by atoms with Crippen molar-refractivity contribution in [2.24, 2.45) is 23.1 Å². The number of fused-ring (bicyclic) bond motifs is 2. The predicted molar refractivity (Wildman–Crippen MR) is 261 cm³/mol. The Morgan fingerprint density at radius 3 is 1.76 bits per heavy atom. The van der Waals surface area contributed by atoms with Crippen LogP contribution in [-0.4, -0.2) is 145 Å². The van der Waals surface area contributed by atoms with Crippen molar-refractivity contribution in [3.63, 3.8) is 0 Å². The SMILES string of the molecule is CC(C)C[C@@H]1NC(=O)[C@@H](Cc2ccccc2)NC(=O)[C@H](CCN)NC(=O)[C@@H](NC(=O)C2C[C@@]3(CN2)C(=O)[C@H](C)c2ccccc23)CCNC(=O)[C@H]([C@@H](C)O)NC(=O)[C@H](CCN)NC(=O)[C@H](CCN)NC1=O. The smallest absolute Gasteiger partial charge is 0.245 e. The molecule has 0 saturated carbocycles. The lowest BCUT2D eigenvalue weighted by atomic mass is 9.78. The molecule has 2 saturated heterocycles. The highest BCUT2D eigenvalue weighted by molar-refractivity contribution is 6.02. The zero-order valence-corrected chi connectivity index (χ0v) is 40.9. The van der Waals surface area contributed by atoms with Crippen molar-refractivity contribution >= 4 is 53.0 Å². The molecule has 3 aliphatic rings. The lowest BCUT2D eigenvalue weighted by Gasteiger charge is -2.28. The number of nitrogens with one attached hydrogen (secondary N) is 9. The molecule has 5 rings (SSSR count). The lowest BCUT2D eigenvalue weighted by molar-refractivity contribution is -0.136. The molecule has 0 radical (unpaired) electrons. The molecule has 1 unspecified atom stereocenters. The molecule has 22 heteroatoms. The van der Waals surface area contributed by atoms with E-state index in [1.165, 1.54) is 6.92 Å². The third kappa shape index (κ3) is 14.2. The Hall–Kier alpha value is -6.33. The topological polar surface area (TPSA) is 360 Å². The van der Waals surface area contributed by atoms with Crippen molar-refractivity contribution in [2.75, 3.05) is 32.7 Å². The molecule has 11 atom stereocenters. The van der Waals surface area contributed by atoms with E-state index in [4.69, 9.17) is 17.2 Å². The number of benzene rings is 2. The molecule has 16 N–H and O–H groups in total. The van der Waals surface area contributed by atoms with Gasteiger partial charge in [-0.2, -0.15) is 0 Å². The Morgan fingerprint density at radius 1 is 0.676 bits per heavy atom. The third-order valence-electron chi connectivity index (χ3n) is 13.3.